The molecule has 1 unspecified atom stereocenters. The molecule has 0 saturated carbocycles. The SMILES string of the molecule is CCc1cc(C(C)(C)CC)cc(C(C)c2cc(C(C)(C)CC)cc(C(C)(C)CC)c2OC)c1O.COc1c(Sc2cc(C(C)(C)C)cc(C(C)(C)C)c2O)cc(C(C)(C)C)cc1C(C)(C)C. The van der Waals surface area contributed by atoms with Crippen molar-refractivity contribution in [1.29, 1.82) is 0 Å². The van der Waals surface area contributed by atoms with Gasteiger partial charge in [0.15, 0.2) is 0 Å². The lowest BCUT2D eigenvalue weighted by Crippen LogP contribution is -2.22. The number of aryl methyl sites for hydroxylation is 1. The summed E-state index contributed by atoms with van der Waals surface area (Å²) in [6, 6.07) is 18.0. The fourth-order valence-electron chi connectivity index (χ4n) is 8.26. The molecule has 0 bridgehead atoms. The Morgan fingerprint density at radius 1 is 0.439 bits per heavy atom. The van der Waals surface area contributed by atoms with Crippen LogP contribution in [0, 0.1) is 0 Å². The minimum Gasteiger partial charge on any atom is -0.507 e. The predicted molar refractivity (Wildman–Crippen MR) is 288 cm³/mol. The first-order chi connectivity index (χ1) is 30.0. The summed E-state index contributed by atoms with van der Waals surface area (Å²) in [5.41, 5.74) is 11.6. The molecule has 0 aliphatic rings. The third kappa shape index (κ3) is 12.7. The topological polar surface area (TPSA) is 58.9 Å². The van der Waals surface area contributed by atoms with Gasteiger partial charge in [0.1, 0.15) is 23.0 Å². The van der Waals surface area contributed by atoms with Crippen molar-refractivity contribution in [1.82, 2.24) is 0 Å². The van der Waals surface area contributed by atoms with Crippen LogP contribution in [0.5, 0.6) is 23.0 Å². The van der Waals surface area contributed by atoms with Gasteiger partial charge < -0.3 is 19.7 Å². The van der Waals surface area contributed by atoms with Gasteiger partial charge in [-0.3, -0.25) is 0 Å². The maximum atomic E-state index is 11.4. The fourth-order valence-corrected chi connectivity index (χ4v) is 9.36. The van der Waals surface area contributed by atoms with Crippen LogP contribution in [0.4, 0.5) is 0 Å². The average Bonchev–Trinajstić information content (AvgIpc) is 3.21. The molecular weight excluding hydrogens is 829 g/mol. The van der Waals surface area contributed by atoms with E-state index in [1.165, 1.54) is 38.9 Å². The van der Waals surface area contributed by atoms with Crippen molar-refractivity contribution in [2.24, 2.45) is 0 Å². The van der Waals surface area contributed by atoms with Gasteiger partial charge in [-0.2, -0.15) is 0 Å². The lowest BCUT2D eigenvalue weighted by atomic mass is 9.73. The van der Waals surface area contributed by atoms with E-state index < -0.39 is 0 Å². The average molecular weight is 923 g/mol. The molecule has 368 valence electrons. The van der Waals surface area contributed by atoms with E-state index in [2.05, 4.69) is 208 Å². The third-order valence-electron chi connectivity index (χ3n) is 14.7. The Kier molecular flexibility index (Phi) is 17.7. The zero-order chi connectivity index (χ0) is 50.9. The minimum atomic E-state index is -0.158. The Hall–Kier alpha value is -3.57. The summed E-state index contributed by atoms with van der Waals surface area (Å²) in [4.78, 5) is 1.93. The molecule has 2 N–H and O–H groups in total. The third-order valence-corrected chi connectivity index (χ3v) is 15.8. The largest absolute Gasteiger partial charge is 0.507 e. The number of benzene rings is 4. The van der Waals surface area contributed by atoms with Crippen LogP contribution in [0.3, 0.4) is 0 Å². The van der Waals surface area contributed by atoms with Crippen molar-refractivity contribution >= 4 is 11.8 Å². The quantitative estimate of drug-likeness (QED) is 0.140. The molecule has 0 amide bonds. The molecule has 0 aromatic heterocycles. The van der Waals surface area contributed by atoms with Gasteiger partial charge in [0.05, 0.1) is 24.0 Å². The summed E-state index contributed by atoms with van der Waals surface area (Å²) in [7, 11) is 3.54. The van der Waals surface area contributed by atoms with Crippen molar-refractivity contribution in [2.75, 3.05) is 14.2 Å². The molecule has 4 rings (SSSR count). The van der Waals surface area contributed by atoms with E-state index in [1.807, 2.05) is 0 Å². The zero-order valence-corrected chi connectivity index (χ0v) is 47.5. The Morgan fingerprint density at radius 3 is 1.26 bits per heavy atom. The lowest BCUT2D eigenvalue weighted by molar-refractivity contribution is 0.380. The van der Waals surface area contributed by atoms with Gasteiger partial charge in [-0.05, 0) is 104 Å². The number of phenols is 2. The second-order valence-electron chi connectivity index (χ2n) is 25.0. The van der Waals surface area contributed by atoms with Crippen LogP contribution in [0.15, 0.2) is 58.3 Å². The summed E-state index contributed by atoms with van der Waals surface area (Å²) in [5, 5.41) is 22.7. The molecule has 4 aromatic rings. The van der Waals surface area contributed by atoms with E-state index in [4.69, 9.17) is 9.47 Å². The first-order valence-electron chi connectivity index (χ1n) is 24.8. The number of methoxy groups -OCH3 is 2. The van der Waals surface area contributed by atoms with Crippen LogP contribution in [-0.2, 0) is 44.3 Å². The highest BCUT2D eigenvalue weighted by molar-refractivity contribution is 7.99. The number of hydrogen-bond donors (Lipinski definition) is 2. The first kappa shape index (κ1) is 56.8. The number of hydrogen-bond acceptors (Lipinski definition) is 5. The highest BCUT2D eigenvalue weighted by Crippen LogP contribution is 2.50. The maximum absolute atomic E-state index is 11.4. The molecule has 4 nitrogen and oxygen atoms in total. The summed E-state index contributed by atoms with van der Waals surface area (Å²) in [5.74, 6) is 2.67. The molecule has 0 saturated heterocycles. The summed E-state index contributed by atoms with van der Waals surface area (Å²) >= 11 is 1.61. The normalized spacial score (nSPS) is 13.6. The molecule has 0 spiro atoms. The van der Waals surface area contributed by atoms with E-state index >= 15 is 0 Å². The summed E-state index contributed by atoms with van der Waals surface area (Å²) < 4.78 is 12.1. The van der Waals surface area contributed by atoms with Gasteiger partial charge in [-0.15, -0.1) is 0 Å². The van der Waals surface area contributed by atoms with Crippen LogP contribution in [0.1, 0.15) is 240 Å². The fraction of sp³-hybridized carbons (Fsp3) is 0.607. The summed E-state index contributed by atoms with van der Waals surface area (Å²) in [6.07, 6.45) is 3.95. The molecule has 0 radical (unpaired) electrons. The Morgan fingerprint density at radius 2 is 0.848 bits per heavy atom. The van der Waals surface area contributed by atoms with Crippen LogP contribution in [0.25, 0.3) is 0 Å². The van der Waals surface area contributed by atoms with Crippen LogP contribution in [-0.4, -0.2) is 24.4 Å². The molecule has 5 heteroatoms. The monoisotopic (exact) mass is 923 g/mol. The van der Waals surface area contributed by atoms with Gasteiger partial charge in [-0.25, -0.2) is 0 Å². The van der Waals surface area contributed by atoms with Crippen molar-refractivity contribution < 1.29 is 19.7 Å². The molecule has 0 fully saturated rings. The van der Waals surface area contributed by atoms with Gasteiger partial charge in [0.25, 0.3) is 0 Å². The number of phenolic OH excluding ortho intramolecular Hbond substituents is 2. The zero-order valence-electron chi connectivity index (χ0n) is 46.6. The van der Waals surface area contributed by atoms with E-state index in [-0.39, 0.29) is 43.8 Å². The van der Waals surface area contributed by atoms with Gasteiger partial charge >= 0.3 is 0 Å². The molecule has 4 aromatic carbocycles. The highest BCUT2D eigenvalue weighted by atomic mass is 32.2. The minimum absolute atomic E-state index is 0.00636. The first-order valence-corrected chi connectivity index (χ1v) is 25.7. The van der Waals surface area contributed by atoms with Crippen molar-refractivity contribution in [2.45, 2.75) is 239 Å². The molecular formula is C61H94O4S. The molecule has 0 aliphatic heterocycles. The van der Waals surface area contributed by atoms with E-state index in [9.17, 15) is 10.2 Å². The van der Waals surface area contributed by atoms with E-state index in [0.29, 0.717) is 11.5 Å². The molecule has 66 heavy (non-hydrogen) atoms. The van der Waals surface area contributed by atoms with Crippen LogP contribution >= 0.6 is 11.8 Å². The molecule has 0 aliphatic carbocycles. The Bertz CT molecular complexity index is 2300. The Labute approximate surface area is 409 Å². The van der Waals surface area contributed by atoms with Gasteiger partial charge in [0.2, 0.25) is 0 Å². The van der Waals surface area contributed by atoms with Gasteiger partial charge in [0, 0.05) is 33.7 Å². The second kappa shape index (κ2) is 20.6. The number of ether oxygens (including phenoxy) is 2. The smallest absolute Gasteiger partial charge is 0.136 e. The number of aromatic hydroxyl groups is 2. The summed E-state index contributed by atoms with van der Waals surface area (Å²) in [6.45, 7) is 51.4. The molecule has 0 heterocycles. The van der Waals surface area contributed by atoms with E-state index in [1.54, 1.807) is 26.0 Å². The second-order valence-corrected chi connectivity index (χ2v) is 26.1. The van der Waals surface area contributed by atoms with Crippen molar-refractivity contribution in [3.05, 3.63) is 104 Å². The predicted octanol–water partition coefficient (Wildman–Crippen LogP) is 17.9. The van der Waals surface area contributed by atoms with Gasteiger partial charge in [-0.1, -0.05) is 207 Å². The van der Waals surface area contributed by atoms with Crippen molar-refractivity contribution in [3.63, 3.8) is 0 Å². The van der Waals surface area contributed by atoms with Crippen molar-refractivity contribution in [3.8, 4) is 23.0 Å². The van der Waals surface area contributed by atoms with E-state index in [0.717, 1.165) is 63.7 Å². The maximum Gasteiger partial charge on any atom is 0.136 e. The number of rotatable bonds is 13. The highest BCUT2D eigenvalue weighted by Gasteiger charge is 2.33. The standard InChI is InChI=1S/C32H50O2.C29H44O2S/c1-13-22-17-23(30(6,7)14-2)18-25(28(22)33)21(5)26-19-24(31(8,9)15-3)20-27(29(26)34-12)32(10,11)16-4;1-26(2,3)18-14-20(28(7,8)9)24(30)22(16-18)32-23-17-19(27(4,5)6)15-21(25(23)31-13)29(10,11)12/h17-21,33H,13-16H2,1-12H3;14-17,30H,1-13H3. The molecule has 1 atom stereocenters. The van der Waals surface area contributed by atoms with Crippen LogP contribution < -0.4 is 9.47 Å². The lowest BCUT2D eigenvalue weighted by Gasteiger charge is -2.33. The van der Waals surface area contributed by atoms with Crippen LogP contribution in [0.2, 0.25) is 0 Å². The Balaban J connectivity index is 0.000000351.